The first-order chi connectivity index (χ1) is 13.7. The van der Waals surface area contributed by atoms with Gasteiger partial charge in [0.15, 0.2) is 0 Å². The first-order valence-electron chi connectivity index (χ1n) is 9.24. The molecule has 2 N–H and O–H groups in total. The third-order valence-electron chi connectivity index (χ3n) is 5.24. The third-order valence-corrected chi connectivity index (χ3v) is 5.24. The Morgan fingerprint density at radius 2 is 0.679 bits per heavy atom. The van der Waals surface area contributed by atoms with E-state index in [1.54, 1.807) is 24.3 Å². The van der Waals surface area contributed by atoms with Crippen molar-refractivity contribution in [1.82, 2.24) is 0 Å². The molecule has 5 aromatic carbocycles. The van der Waals surface area contributed by atoms with Crippen molar-refractivity contribution >= 4 is 21.5 Å². The van der Waals surface area contributed by atoms with Crippen LogP contribution in [-0.2, 0) is 0 Å². The molecule has 0 aliphatic carbocycles. The SMILES string of the molecule is Oc1ccc(-c2c(-c3ccc(O)cc3)c3ccccc3c3ccccc23)cc1. The molecule has 5 aromatic rings. The highest BCUT2D eigenvalue weighted by Crippen LogP contribution is 2.44. The van der Waals surface area contributed by atoms with E-state index >= 15 is 0 Å². The largest absolute Gasteiger partial charge is 0.508 e. The summed E-state index contributed by atoms with van der Waals surface area (Å²) in [7, 11) is 0. The van der Waals surface area contributed by atoms with Gasteiger partial charge in [0.05, 0.1) is 0 Å². The molecular formula is C26H18O2. The smallest absolute Gasteiger partial charge is 0.115 e. The van der Waals surface area contributed by atoms with Crippen molar-refractivity contribution in [1.29, 1.82) is 0 Å². The van der Waals surface area contributed by atoms with E-state index in [0.29, 0.717) is 0 Å². The minimum Gasteiger partial charge on any atom is -0.508 e. The van der Waals surface area contributed by atoms with Gasteiger partial charge < -0.3 is 10.2 Å². The van der Waals surface area contributed by atoms with E-state index in [1.807, 2.05) is 24.3 Å². The van der Waals surface area contributed by atoms with Crippen LogP contribution in [0.25, 0.3) is 43.8 Å². The number of phenols is 2. The van der Waals surface area contributed by atoms with Gasteiger partial charge >= 0.3 is 0 Å². The van der Waals surface area contributed by atoms with Crippen LogP contribution in [0.1, 0.15) is 0 Å². The van der Waals surface area contributed by atoms with Crippen LogP contribution in [0.2, 0.25) is 0 Å². The standard InChI is InChI=1S/C26H18O2/c27-19-13-9-17(10-14-19)25-23-7-3-1-5-21(23)22-6-2-4-8-24(22)26(25)18-11-15-20(28)16-12-18/h1-16,27-28H. The van der Waals surface area contributed by atoms with Crippen molar-refractivity contribution in [2.75, 3.05) is 0 Å². The maximum atomic E-state index is 9.78. The molecule has 0 aromatic heterocycles. The second-order valence-electron chi connectivity index (χ2n) is 6.93. The number of hydrogen-bond acceptors (Lipinski definition) is 2. The van der Waals surface area contributed by atoms with Crippen LogP contribution in [0.3, 0.4) is 0 Å². The number of phenolic OH excluding ortho intramolecular Hbond substituents is 2. The summed E-state index contributed by atoms with van der Waals surface area (Å²) in [5.41, 5.74) is 4.34. The van der Waals surface area contributed by atoms with Crippen LogP contribution in [-0.4, -0.2) is 10.2 Å². The second-order valence-corrected chi connectivity index (χ2v) is 6.93. The lowest BCUT2D eigenvalue weighted by atomic mass is 9.85. The van der Waals surface area contributed by atoms with Gasteiger partial charge in [-0.1, -0.05) is 72.8 Å². The molecule has 2 heteroatoms. The Hall–Kier alpha value is -3.78. The Labute approximate surface area is 162 Å². The number of aromatic hydroxyl groups is 2. The van der Waals surface area contributed by atoms with Gasteiger partial charge in [0.25, 0.3) is 0 Å². The Bertz CT molecular complexity index is 1200. The summed E-state index contributed by atoms with van der Waals surface area (Å²) >= 11 is 0. The molecule has 0 radical (unpaired) electrons. The van der Waals surface area contributed by atoms with Gasteiger partial charge in [-0.05, 0) is 68.1 Å². The lowest BCUT2D eigenvalue weighted by Gasteiger charge is -2.18. The Balaban J connectivity index is 2.00. The van der Waals surface area contributed by atoms with Crippen LogP contribution < -0.4 is 0 Å². The van der Waals surface area contributed by atoms with E-state index in [9.17, 15) is 10.2 Å². The summed E-state index contributed by atoms with van der Waals surface area (Å²) in [5.74, 6) is 0.500. The molecule has 28 heavy (non-hydrogen) atoms. The summed E-state index contributed by atoms with van der Waals surface area (Å²) in [4.78, 5) is 0. The molecule has 134 valence electrons. The zero-order valence-corrected chi connectivity index (χ0v) is 15.1. The zero-order chi connectivity index (χ0) is 19.1. The van der Waals surface area contributed by atoms with Crippen LogP contribution in [0.4, 0.5) is 0 Å². The van der Waals surface area contributed by atoms with Gasteiger partial charge in [-0.25, -0.2) is 0 Å². The molecule has 0 bridgehead atoms. The Morgan fingerprint density at radius 1 is 0.357 bits per heavy atom. The van der Waals surface area contributed by atoms with Crippen LogP contribution in [0.15, 0.2) is 97.1 Å². The molecule has 0 aliphatic heterocycles. The van der Waals surface area contributed by atoms with Gasteiger partial charge in [-0.2, -0.15) is 0 Å². The topological polar surface area (TPSA) is 40.5 Å². The van der Waals surface area contributed by atoms with Crippen molar-refractivity contribution in [3.8, 4) is 33.8 Å². The van der Waals surface area contributed by atoms with Gasteiger partial charge in [0.1, 0.15) is 11.5 Å². The van der Waals surface area contributed by atoms with E-state index < -0.39 is 0 Å². The molecule has 0 aliphatic rings. The molecule has 0 unspecified atom stereocenters. The van der Waals surface area contributed by atoms with E-state index in [4.69, 9.17) is 0 Å². The highest BCUT2D eigenvalue weighted by atomic mass is 16.3. The summed E-state index contributed by atoms with van der Waals surface area (Å²) in [5, 5.41) is 24.3. The van der Waals surface area contributed by atoms with Gasteiger partial charge in [-0.3, -0.25) is 0 Å². The summed E-state index contributed by atoms with van der Waals surface area (Å²) < 4.78 is 0. The van der Waals surface area contributed by atoms with E-state index in [0.717, 1.165) is 33.0 Å². The average molecular weight is 362 g/mol. The van der Waals surface area contributed by atoms with Gasteiger partial charge in [0.2, 0.25) is 0 Å². The molecule has 0 heterocycles. The molecule has 2 nitrogen and oxygen atoms in total. The third kappa shape index (κ3) is 2.58. The van der Waals surface area contributed by atoms with E-state index in [1.165, 1.54) is 10.8 Å². The summed E-state index contributed by atoms with van der Waals surface area (Å²) in [6.07, 6.45) is 0. The highest BCUT2D eigenvalue weighted by molar-refractivity contribution is 6.21. The number of hydrogen-bond donors (Lipinski definition) is 2. The molecule has 0 atom stereocenters. The van der Waals surface area contributed by atoms with Crippen molar-refractivity contribution in [2.24, 2.45) is 0 Å². The van der Waals surface area contributed by atoms with Crippen molar-refractivity contribution in [3.05, 3.63) is 97.1 Å². The first-order valence-corrected chi connectivity index (χ1v) is 9.24. The molecule has 0 fully saturated rings. The highest BCUT2D eigenvalue weighted by Gasteiger charge is 2.17. The molecule has 0 saturated carbocycles. The van der Waals surface area contributed by atoms with Crippen molar-refractivity contribution < 1.29 is 10.2 Å². The Kier molecular flexibility index (Phi) is 3.77. The molecular weight excluding hydrogens is 344 g/mol. The normalized spacial score (nSPS) is 11.1. The predicted molar refractivity (Wildman–Crippen MR) is 116 cm³/mol. The Morgan fingerprint density at radius 3 is 1.04 bits per heavy atom. The molecule has 0 spiro atoms. The van der Waals surface area contributed by atoms with E-state index in [-0.39, 0.29) is 11.5 Å². The second kappa shape index (κ2) is 6.43. The molecule has 5 rings (SSSR count). The van der Waals surface area contributed by atoms with Crippen molar-refractivity contribution in [3.63, 3.8) is 0 Å². The van der Waals surface area contributed by atoms with Crippen LogP contribution in [0, 0.1) is 0 Å². The lowest BCUT2D eigenvalue weighted by molar-refractivity contribution is 0.475. The maximum Gasteiger partial charge on any atom is 0.115 e. The van der Waals surface area contributed by atoms with Crippen molar-refractivity contribution in [2.45, 2.75) is 0 Å². The fraction of sp³-hybridized carbons (Fsp3) is 0. The number of rotatable bonds is 2. The fourth-order valence-electron chi connectivity index (χ4n) is 4.00. The van der Waals surface area contributed by atoms with Crippen LogP contribution in [0.5, 0.6) is 11.5 Å². The minimum absolute atomic E-state index is 0.250. The van der Waals surface area contributed by atoms with Crippen LogP contribution >= 0.6 is 0 Å². The maximum absolute atomic E-state index is 9.78. The van der Waals surface area contributed by atoms with E-state index in [2.05, 4.69) is 48.5 Å². The number of fused-ring (bicyclic) bond motifs is 3. The first kappa shape index (κ1) is 16.4. The summed E-state index contributed by atoms with van der Waals surface area (Å²) in [6.45, 7) is 0. The molecule has 0 amide bonds. The fourth-order valence-corrected chi connectivity index (χ4v) is 4.00. The molecule has 0 saturated heterocycles. The van der Waals surface area contributed by atoms with Gasteiger partial charge in [-0.15, -0.1) is 0 Å². The average Bonchev–Trinajstić information content (AvgIpc) is 2.74. The lowest BCUT2D eigenvalue weighted by Crippen LogP contribution is -1.91. The number of benzene rings is 5. The quantitative estimate of drug-likeness (QED) is 0.341. The summed E-state index contributed by atoms with van der Waals surface area (Å²) in [6, 6.07) is 31.6. The predicted octanol–water partition coefficient (Wildman–Crippen LogP) is 6.74. The monoisotopic (exact) mass is 362 g/mol. The van der Waals surface area contributed by atoms with Gasteiger partial charge in [0, 0.05) is 0 Å². The zero-order valence-electron chi connectivity index (χ0n) is 15.1. The minimum atomic E-state index is 0.250.